The normalized spacial score (nSPS) is 15.3. The number of fused-ring (bicyclic) bond motifs is 1. The van der Waals surface area contributed by atoms with E-state index in [1.807, 2.05) is 24.4 Å². The van der Waals surface area contributed by atoms with Gasteiger partial charge in [0.25, 0.3) is 0 Å². The minimum atomic E-state index is 0.676. The van der Waals surface area contributed by atoms with Gasteiger partial charge in [0.05, 0.1) is 5.52 Å². The fourth-order valence-corrected chi connectivity index (χ4v) is 3.72. The lowest BCUT2D eigenvalue weighted by Gasteiger charge is -2.34. The number of benzene rings is 1. The summed E-state index contributed by atoms with van der Waals surface area (Å²) < 4.78 is 1.02. The predicted octanol–water partition coefficient (Wildman–Crippen LogP) is 3.54. The van der Waals surface area contributed by atoms with Crippen LogP contribution in [0, 0.1) is 0 Å². The molecule has 1 aliphatic rings. The molecule has 0 aliphatic carbocycles. The number of nitrogens with zero attached hydrogens (tertiary/aromatic N) is 5. The summed E-state index contributed by atoms with van der Waals surface area (Å²) in [6.45, 7) is 8.32. The lowest BCUT2D eigenvalue weighted by Crippen LogP contribution is -2.46. The Kier molecular flexibility index (Phi) is 5.50. The number of aromatic nitrogens is 3. The molecule has 1 aliphatic heterocycles. The zero-order valence-corrected chi connectivity index (χ0v) is 17.0. The number of piperazine rings is 1. The average molecular weight is 427 g/mol. The van der Waals surface area contributed by atoms with Gasteiger partial charge in [-0.25, -0.2) is 15.0 Å². The molecule has 3 aromatic rings. The van der Waals surface area contributed by atoms with E-state index in [2.05, 4.69) is 65.1 Å². The lowest BCUT2D eigenvalue weighted by atomic mass is 10.2. The summed E-state index contributed by atoms with van der Waals surface area (Å²) in [5.41, 5.74) is 2.06. The van der Waals surface area contributed by atoms with Gasteiger partial charge >= 0.3 is 0 Å². The van der Waals surface area contributed by atoms with Crippen LogP contribution in [0.25, 0.3) is 10.9 Å². The van der Waals surface area contributed by atoms with Crippen LogP contribution in [0.1, 0.15) is 12.5 Å². The SMILES string of the molecule is CCN1CCN(c2ccc(CNc3ncnc4ccc(Br)cc34)cn2)CC1. The molecule has 1 fully saturated rings. The van der Waals surface area contributed by atoms with Crippen molar-refractivity contribution in [2.45, 2.75) is 13.5 Å². The van der Waals surface area contributed by atoms with Crippen molar-refractivity contribution in [1.82, 2.24) is 19.9 Å². The summed E-state index contributed by atoms with van der Waals surface area (Å²) in [5, 5.41) is 4.42. The van der Waals surface area contributed by atoms with Gasteiger partial charge in [0.2, 0.25) is 0 Å². The van der Waals surface area contributed by atoms with Crippen molar-refractivity contribution in [2.24, 2.45) is 0 Å². The number of halogens is 1. The van der Waals surface area contributed by atoms with E-state index in [9.17, 15) is 0 Å². The van der Waals surface area contributed by atoms with Crippen molar-refractivity contribution in [3.63, 3.8) is 0 Å². The minimum absolute atomic E-state index is 0.676. The Labute approximate surface area is 167 Å². The minimum Gasteiger partial charge on any atom is -0.365 e. The van der Waals surface area contributed by atoms with Gasteiger partial charge in [-0.1, -0.05) is 28.9 Å². The maximum absolute atomic E-state index is 4.67. The van der Waals surface area contributed by atoms with Gasteiger partial charge in [-0.3, -0.25) is 0 Å². The number of hydrogen-bond donors (Lipinski definition) is 1. The Morgan fingerprint density at radius 3 is 2.63 bits per heavy atom. The molecule has 0 amide bonds. The molecule has 0 spiro atoms. The highest BCUT2D eigenvalue weighted by atomic mass is 79.9. The molecule has 0 saturated carbocycles. The Hall–Kier alpha value is -2.25. The van der Waals surface area contributed by atoms with Gasteiger partial charge < -0.3 is 15.1 Å². The van der Waals surface area contributed by atoms with E-state index >= 15 is 0 Å². The third kappa shape index (κ3) is 4.20. The molecule has 140 valence electrons. The molecule has 27 heavy (non-hydrogen) atoms. The molecule has 1 saturated heterocycles. The molecule has 1 aromatic carbocycles. The molecule has 0 unspecified atom stereocenters. The first-order valence-electron chi connectivity index (χ1n) is 9.29. The quantitative estimate of drug-likeness (QED) is 0.673. The van der Waals surface area contributed by atoms with E-state index in [4.69, 9.17) is 0 Å². The maximum Gasteiger partial charge on any atom is 0.137 e. The average Bonchev–Trinajstić information content (AvgIpc) is 2.73. The van der Waals surface area contributed by atoms with Crippen molar-refractivity contribution in [1.29, 1.82) is 0 Å². The number of pyridine rings is 1. The van der Waals surface area contributed by atoms with Gasteiger partial charge in [-0.05, 0) is 36.4 Å². The maximum atomic E-state index is 4.67. The molecule has 3 heterocycles. The Bertz CT molecular complexity index is 906. The van der Waals surface area contributed by atoms with Crippen LogP contribution in [-0.2, 0) is 6.54 Å². The highest BCUT2D eigenvalue weighted by Crippen LogP contribution is 2.24. The fourth-order valence-electron chi connectivity index (χ4n) is 3.36. The summed E-state index contributed by atoms with van der Waals surface area (Å²) in [7, 11) is 0. The number of anilines is 2. The van der Waals surface area contributed by atoms with E-state index < -0.39 is 0 Å². The van der Waals surface area contributed by atoms with Gasteiger partial charge in [0.1, 0.15) is 18.0 Å². The van der Waals surface area contributed by atoms with Crippen LogP contribution in [0.3, 0.4) is 0 Å². The Balaban J connectivity index is 1.42. The third-order valence-corrected chi connectivity index (χ3v) is 5.50. The van der Waals surface area contributed by atoms with Gasteiger partial charge in [-0.2, -0.15) is 0 Å². The van der Waals surface area contributed by atoms with Crippen molar-refractivity contribution in [3.8, 4) is 0 Å². The summed E-state index contributed by atoms with van der Waals surface area (Å²) in [4.78, 5) is 18.2. The van der Waals surface area contributed by atoms with E-state index in [1.54, 1.807) is 6.33 Å². The van der Waals surface area contributed by atoms with E-state index in [1.165, 1.54) is 0 Å². The van der Waals surface area contributed by atoms with E-state index in [-0.39, 0.29) is 0 Å². The second kappa shape index (κ2) is 8.19. The largest absolute Gasteiger partial charge is 0.365 e. The summed E-state index contributed by atoms with van der Waals surface area (Å²) in [6, 6.07) is 10.3. The van der Waals surface area contributed by atoms with Crippen LogP contribution in [0.4, 0.5) is 11.6 Å². The Morgan fingerprint density at radius 1 is 1.04 bits per heavy atom. The second-order valence-electron chi connectivity index (χ2n) is 6.68. The molecule has 7 heteroatoms. The topological polar surface area (TPSA) is 57.2 Å². The first kappa shape index (κ1) is 18.1. The van der Waals surface area contributed by atoms with Crippen LogP contribution in [0.2, 0.25) is 0 Å². The molecule has 0 radical (unpaired) electrons. The lowest BCUT2D eigenvalue weighted by molar-refractivity contribution is 0.270. The molecule has 0 atom stereocenters. The van der Waals surface area contributed by atoms with Crippen LogP contribution in [0.5, 0.6) is 0 Å². The van der Waals surface area contributed by atoms with Crippen molar-refractivity contribution in [2.75, 3.05) is 42.9 Å². The van der Waals surface area contributed by atoms with Gasteiger partial charge in [0.15, 0.2) is 0 Å². The first-order valence-corrected chi connectivity index (χ1v) is 10.1. The number of rotatable bonds is 5. The van der Waals surface area contributed by atoms with Gasteiger partial charge in [-0.15, -0.1) is 0 Å². The fraction of sp³-hybridized carbons (Fsp3) is 0.350. The smallest absolute Gasteiger partial charge is 0.137 e. The predicted molar refractivity (Wildman–Crippen MR) is 113 cm³/mol. The van der Waals surface area contributed by atoms with Crippen LogP contribution in [0.15, 0.2) is 47.3 Å². The van der Waals surface area contributed by atoms with Gasteiger partial charge in [0, 0.05) is 48.8 Å². The molecule has 1 N–H and O–H groups in total. The first-order chi connectivity index (χ1) is 13.2. The zero-order valence-electron chi connectivity index (χ0n) is 15.4. The number of likely N-dealkylation sites (N-methyl/N-ethyl adjacent to an activating group) is 1. The molecule has 0 bridgehead atoms. The second-order valence-corrected chi connectivity index (χ2v) is 7.60. The van der Waals surface area contributed by atoms with E-state index in [0.717, 1.165) is 65.3 Å². The highest BCUT2D eigenvalue weighted by Gasteiger charge is 2.16. The Morgan fingerprint density at radius 2 is 1.89 bits per heavy atom. The van der Waals surface area contributed by atoms with Crippen molar-refractivity contribution >= 4 is 38.5 Å². The molecular weight excluding hydrogens is 404 g/mol. The summed E-state index contributed by atoms with van der Waals surface area (Å²) in [6.07, 6.45) is 3.55. The molecular formula is C20H23BrN6. The van der Waals surface area contributed by atoms with Crippen molar-refractivity contribution in [3.05, 3.63) is 52.9 Å². The van der Waals surface area contributed by atoms with Crippen LogP contribution < -0.4 is 10.2 Å². The van der Waals surface area contributed by atoms with Crippen LogP contribution >= 0.6 is 15.9 Å². The zero-order chi connectivity index (χ0) is 18.6. The van der Waals surface area contributed by atoms with E-state index in [0.29, 0.717) is 6.54 Å². The third-order valence-electron chi connectivity index (χ3n) is 5.01. The standard InChI is InChI=1S/C20H23BrN6/c1-2-26-7-9-27(10-8-26)19-6-3-15(12-22-19)13-23-20-17-11-16(21)4-5-18(17)24-14-25-20/h3-6,11-12,14H,2,7-10,13H2,1H3,(H,23,24,25). The molecule has 2 aromatic heterocycles. The summed E-state index contributed by atoms with van der Waals surface area (Å²) >= 11 is 3.52. The molecule has 6 nitrogen and oxygen atoms in total. The highest BCUT2D eigenvalue weighted by molar-refractivity contribution is 9.10. The van der Waals surface area contributed by atoms with Crippen molar-refractivity contribution < 1.29 is 0 Å². The monoisotopic (exact) mass is 426 g/mol. The summed E-state index contributed by atoms with van der Waals surface area (Å²) in [5.74, 6) is 1.90. The number of hydrogen-bond acceptors (Lipinski definition) is 6. The van der Waals surface area contributed by atoms with Crippen LogP contribution in [-0.4, -0.2) is 52.6 Å². The number of nitrogens with one attached hydrogen (secondary N) is 1. The molecule has 4 rings (SSSR count).